The van der Waals surface area contributed by atoms with Crippen molar-refractivity contribution in [1.82, 2.24) is 15.0 Å². The Morgan fingerprint density at radius 1 is 1.25 bits per heavy atom. The molecule has 1 N–H and O–H groups in total. The van der Waals surface area contributed by atoms with E-state index in [9.17, 15) is 9.18 Å². The summed E-state index contributed by atoms with van der Waals surface area (Å²) in [5, 5.41) is 2.35. The van der Waals surface area contributed by atoms with Crippen LogP contribution in [-0.2, 0) is 0 Å². The first kappa shape index (κ1) is 13.7. The molecule has 0 aliphatic heterocycles. The number of amides is 1. The predicted octanol–water partition coefficient (Wildman–Crippen LogP) is 1.28. The van der Waals surface area contributed by atoms with E-state index in [1.54, 1.807) is 0 Å². The molecule has 8 heteroatoms. The van der Waals surface area contributed by atoms with Gasteiger partial charge in [0.15, 0.2) is 0 Å². The highest BCUT2D eigenvalue weighted by atomic mass is 19.1. The predicted molar refractivity (Wildman–Crippen MR) is 67.3 cm³/mol. The summed E-state index contributed by atoms with van der Waals surface area (Å²) in [5.74, 6) is -1.24. The number of ether oxygens (including phenoxy) is 2. The van der Waals surface area contributed by atoms with Crippen molar-refractivity contribution in [2.45, 2.75) is 0 Å². The summed E-state index contributed by atoms with van der Waals surface area (Å²) in [6.45, 7) is 0. The van der Waals surface area contributed by atoms with Gasteiger partial charge in [-0.1, -0.05) is 0 Å². The van der Waals surface area contributed by atoms with Gasteiger partial charge in [-0.25, -0.2) is 4.98 Å². The van der Waals surface area contributed by atoms with Crippen LogP contribution in [0.3, 0.4) is 0 Å². The van der Waals surface area contributed by atoms with Gasteiger partial charge in [-0.3, -0.25) is 10.1 Å². The summed E-state index contributed by atoms with van der Waals surface area (Å²) in [6.07, 6.45) is 1.25. The molecule has 2 rings (SSSR count). The minimum Gasteiger partial charge on any atom is -0.481 e. The Bertz CT molecular complexity index is 614. The van der Waals surface area contributed by atoms with Crippen LogP contribution in [0.5, 0.6) is 11.8 Å². The Morgan fingerprint density at radius 3 is 2.45 bits per heavy atom. The van der Waals surface area contributed by atoms with Crippen LogP contribution >= 0.6 is 0 Å². The van der Waals surface area contributed by atoms with Crippen molar-refractivity contribution in [2.75, 3.05) is 19.5 Å². The van der Waals surface area contributed by atoms with Gasteiger partial charge in [-0.2, -0.15) is 14.4 Å². The number of carbonyl (C=O) groups excluding carboxylic acids is 1. The maximum Gasteiger partial charge on any atom is 0.262 e. The van der Waals surface area contributed by atoms with Crippen molar-refractivity contribution in [3.8, 4) is 11.8 Å². The molecule has 0 aliphatic rings. The van der Waals surface area contributed by atoms with Crippen LogP contribution in [0.4, 0.5) is 10.3 Å². The number of aromatic nitrogens is 3. The summed E-state index contributed by atoms with van der Waals surface area (Å²) < 4.78 is 23.3. The lowest BCUT2D eigenvalue weighted by atomic mass is 10.2. The van der Waals surface area contributed by atoms with Crippen LogP contribution in [0.15, 0.2) is 24.4 Å². The fourth-order valence-corrected chi connectivity index (χ4v) is 1.39. The molecule has 0 saturated heterocycles. The van der Waals surface area contributed by atoms with Crippen LogP contribution < -0.4 is 14.8 Å². The molecule has 20 heavy (non-hydrogen) atoms. The molecule has 0 spiro atoms. The van der Waals surface area contributed by atoms with Crippen molar-refractivity contribution >= 4 is 11.9 Å². The first-order valence-electron chi connectivity index (χ1n) is 5.53. The van der Waals surface area contributed by atoms with Crippen LogP contribution in [0.2, 0.25) is 0 Å². The fourth-order valence-electron chi connectivity index (χ4n) is 1.39. The minimum absolute atomic E-state index is 0.0607. The van der Waals surface area contributed by atoms with Crippen LogP contribution in [0, 0.1) is 5.95 Å². The maximum absolute atomic E-state index is 13.4. The molecule has 0 atom stereocenters. The van der Waals surface area contributed by atoms with E-state index < -0.39 is 11.9 Å². The number of methoxy groups -OCH3 is 2. The number of carbonyl (C=O) groups is 1. The van der Waals surface area contributed by atoms with Gasteiger partial charge in [0.2, 0.25) is 23.7 Å². The molecular weight excluding hydrogens is 267 g/mol. The van der Waals surface area contributed by atoms with E-state index in [2.05, 4.69) is 20.3 Å². The third-order valence-electron chi connectivity index (χ3n) is 2.33. The number of nitrogens with one attached hydrogen (secondary N) is 1. The molecule has 0 aliphatic carbocycles. The van der Waals surface area contributed by atoms with Gasteiger partial charge in [0.05, 0.1) is 25.8 Å². The van der Waals surface area contributed by atoms with E-state index in [1.807, 2.05) is 0 Å². The molecule has 0 radical (unpaired) electrons. The molecule has 0 unspecified atom stereocenters. The van der Waals surface area contributed by atoms with Crippen molar-refractivity contribution < 1.29 is 18.7 Å². The summed E-state index contributed by atoms with van der Waals surface area (Å²) in [5.41, 5.74) is -0.210. The average molecular weight is 278 g/mol. The second-order valence-electron chi connectivity index (χ2n) is 3.57. The number of halogens is 1. The zero-order chi connectivity index (χ0) is 14.5. The molecule has 2 aromatic heterocycles. The number of rotatable bonds is 4. The van der Waals surface area contributed by atoms with Gasteiger partial charge >= 0.3 is 0 Å². The van der Waals surface area contributed by atoms with Crippen LogP contribution in [0.25, 0.3) is 0 Å². The van der Waals surface area contributed by atoms with Crippen molar-refractivity contribution in [3.63, 3.8) is 0 Å². The SMILES string of the molecule is COc1cc(OC)nc(NC(=O)c2cccnc2F)n1. The normalized spacial score (nSPS) is 9.95. The second-order valence-corrected chi connectivity index (χ2v) is 3.57. The molecular formula is C12H11FN4O3. The lowest BCUT2D eigenvalue weighted by Gasteiger charge is -2.07. The molecule has 0 bridgehead atoms. The van der Waals surface area contributed by atoms with Crippen molar-refractivity contribution in [1.29, 1.82) is 0 Å². The third kappa shape index (κ3) is 2.97. The Labute approximate surface area is 113 Å². The van der Waals surface area contributed by atoms with E-state index in [0.717, 1.165) is 0 Å². The van der Waals surface area contributed by atoms with Gasteiger partial charge < -0.3 is 9.47 Å². The van der Waals surface area contributed by atoms with E-state index in [0.29, 0.717) is 0 Å². The van der Waals surface area contributed by atoms with Crippen molar-refractivity contribution in [2.24, 2.45) is 0 Å². The maximum atomic E-state index is 13.4. The summed E-state index contributed by atoms with van der Waals surface area (Å²) >= 11 is 0. The highest BCUT2D eigenvalue weighted by molar-refractivity contribution is 6.03. The lowest BCUT2D eigenvalue weighted by Crippen LogP contribution is -2.16. The van der Waals surface area contributed by atoms with E-state index >= 15 is 0 Å². The average Bonchev–Trinajstić information content (AvgIpc) is 2.47. The highest BCUT2D eigenvalue weighted by Gasteiger charge is 2.14. The first-order chi connectivity index (χ1) is 9.63. The largest absolute Gasteiger partial charge is 0.481 e. The Kier molecular flexibility index (Phi) is 4.04. The Morgan fingerprint density at radius 2 is 1.90 bits per heavy atom. The molecule has 7 nitrogen and oxygen atoms in total. The highest BCUT2D eigenvalue weighted by Crippen LogP contribution is 2.18. The summed E-state index contributed by atoms with van der Waals surface area (Å²) in [6, 6.07) is 4.19. The number of anilines is 1. The van der Waals surface area contributed by atoms with Gasteiger partial charge in [-0.15, -0.1) is 0 Å². The monoisotopic (exact) mass is 278 g/mol. The van der Waals surface area contributed by atoms with Crippen LogP contribution in [-0.4, -0.2) is 35.1 Å². The zero-order valence-corrected chi connectivity index (χ0v) is 10.8. The first-order valence-corrected chi connectivity index (χ1v) is 5.53. The van der Waals surface area contributed by atoms with Gasteiger partial charge in [-0.05, 0) is 12.1 Å². The van der Waals surface area contributed by atoms with Gasteiger partial charge in [0.1, 0.15) is 0 Å². The molecule has 0 aromatic carbocycles. The van der Waals surface area contributed by atoms with E-state index in [4.69, 9.17) is 9.47 Å². The topological polar surface area (TPSA) is 86.2 Å². The molecule has 0 fully saturated rings. The van der Waals surface area contributed by atoms with E-state index in [-0.39, 0.29) is 23.3 Å². The molecule has 0 saturated carbocycles. The van der Waals surface area contributed by atoms with E-state index in [1.165, 1.54) is 38.6 Å². The van der Waals surface area contributed by atoms with Gasteiger partial charge in [0.25, 0.3) is 5.91 Å². The number of nitrogens with zero attached hydrogens (tertiary/aromatic N) is 3. The molecule has 1 amide bonds. The number of hydrogen-bond acceptors (Lipinski definition) is 6. The zero-order valence-electron chi connectivity index (χ0n) is 10.8. The third-order valence-corrected chi connectivity index (χ3v) is 2.33. The van der Waals surface area contributed by atoms with Crippen LogP contribution in [0.1, 0.15) is 10.4 Å². The quantitative estimate of drug-likeness (QED) is 0.848. The molecule has 2 aromatic rings. The Hall–Kier alpha value is -2.77. The van der Waals surface area contributed by atoms with Crippen molar-refractivity contribution in [3.05, 3.63) is 35.9 Å². The second kappa shape index (κ2) is 5.91. The number of pyridine rings is 1. The smallest absolute Gasteiger partial charge is 0.262 e. The Balaban J connectivity index is 2.26. The fraction of sp³-hybridized carbons (Fsp3) is 0.167. The molecule has 2 heterocycles. The summed E-state index contributed by atoms with van der Waals surface area (Å²) in [4.78, 5) is 23.1. The number of hydrogen-bond donors (Lipinski definition) is 1. The summed E-state index contributed by atoms with van der Waals surface area (Å²) in [7, 11) is 2.82. The standard InChI is InChI=1S/C12H11FN4O3/c1-19-8-6-9(20-2)16-12(15-8)17-11(18)7-4-3-5-14-10(7)13/h3-6H,1-2H3,(H,15,16,17,18). The lowest BCUT2D eigenvalue weighted by molar-refractivity contribution is 0.102. The van der Waals surface area contributed by atoms with Gasteiger partial charge in [0, 0.05) is 6.20 Å². The molecule has 104 valence electrons. The minimum atomic E-state index is -0.875.